The van der Waals surface area contributed by atoms with E-state index in [4.69, 9.17) is 0 Å². The molecule has 2 aliphatic carbocycles. The van der Waals surface area contributed by atoms with Gasteiger partial charge >= 0.3 is 0 Å². The number of rotatable bonds is 2. The van der Waals surface area contributed by atoms with Crippen molar-refractivity contribution < 1.29 is 0 Å². The maximum atomic E-state index is 2.46. The van der Waals surface area contributed by atoms with Gasteiger partial charge in [-0.1, -0.05) is 158 Å². The Balaban J connectivity index is 0.991. The summed E-state index contributed by atoms with van der Waals surface area (Å²) in [7, 11) is 0. The molecule has 58 heavy (non-hydrogen) atoms. The van der Waals surface area contributed by atoms with Crippen molar-refractivity contribution >= 4 is 75.4 Å². The predicted octanol–water partition coefficient (Wildman–Crippen LogP) is 16.4. The van der Waals surface area contributed by atoms with Crippen LogP contribution >= 0.6 is 0 Å². The summed E-state index contributed by atoms with van der Waals surface area (Å²) in [5.41, 5.74) is 15.7. The first-order valence-corrected chi connectivity index (χ1v) is 20.3. The quantitative estimate of drug-likeness (QED) is 0.156. The zero-order valence-corrected chi connectivity index (χ0v) is 31.5. The minimum absolute atomic E-state index is 1.24. The summed E-state index contributed by atoms with van der Waals surface area (Å²) in [6, 6.07) is 73.3. The molecule has 0 nitrogen and oxygen atoms in total. The molecule has 0 heteroatoms. The van der Waals surface area contributed by atoms with Crippen LogP contribution in [0.4, 0.5) is 0 Å². The smallest absolute Gasteiger partial charge is 0.00199 e. The van der Waals surface area contributed by atoms with Crippen LogP contribution in [0.1, 0.15) is 0 Å². The predicted molar refractivity (Wildman–Crippen MR) is 249 cm³/mol. The Kier molecular flexibility index (Phi) is 5.85. The van der Waals surface area contributed by atoms with E-state index in [0.29, 0.717) is 0 Å². The third-order valence-electron chi connectivity index (χ3n) is 13.5. The maximum absolute atomic E-state index is 2.46. The summed E-state index contributed by atoms with van der Waals surface area (Å²) in [5, 5.41) is 18.3. The molecule has 0 fully saturated rings. The van der Waals surface area contributed by atoms with Crippen LogP contribution in [0.2, 0.25) is 0 Å². The monoisotopic (exact) mass is 728 g/mol. The lowest BCUT2D eigenvalue weighted by molar-refractivity contribution is 1.68. The summed E-state index contributed by atoms with van der Waals surface area (Å²) >= 11 is 0. The Morgan fingerprint density at radius 2 is 0.517 bits per heavy atom. The summed E-state index contributed by atoms with van der Waals surface area (Å²) < 4.78 is 0. The molecule has 12 aromatic rings. The average Bonchev–Trinajstić information content (AvgIpc) is 3.79. The van der Waals surface area contributed by atoms with Gasteiger partial charge in [-0.2, -0.15) is 0 Å². The molecule has 0 atom stereocenters. The van der Waals surface area contributed by atoms with Crippen LogP contribution in [-0.2, 0) is 0 Å². The van der Waals surface area contributed by atoms with E-state index < -0.39 is 0 Å². The Labute approximate surface area is 334 Å². The van der Waals surface area contributed by atoms with E-state index >= 15 is 0 Å². The molecule has 0 heterocycles. The van der Waals surface area contributed by atoms with E-state index in [-0.39, 0.29) is 0 Å². The maximum Gasteiger partial charge on any atom is -0.00199 e. The van der Waals surface area contributed by atoms with Gasteiger partial charge in [0.05, 0.1) is 0 Å². The normalized spacial score (nSPS) is 12.5. The van der Waals surface area contributed by atoms with Crippen LogP contribution in [0, 0.1) is 0 Å². The van der Waals surface area contributed by atoms with Crippen molar-refractivity contribution in [2.24, 2.45) is 0 Å². The van der Waals surface area contributed by atoms with Gasteiger partial charge in [0.15, 0.2) is 0 Å². The van der Waals surface area contributed by atoms with Crippen molar-refractivity contribution in [2.45, 2.75) is 0 Å². The fourth-order valence-corrected chi connectivity index (χ4v) is 11.0. The van der Waals surface area contributed by atoms with E-state index in [0.717, 1.165) is 0 Å². The van der Waals surface area contributed by atoms with Crippen LogP contribution < -0.4 is 0 Å². The second kappa shape index (κ2) is 11.1. The largest absolute Gasteiger partial charge is 0.0616 e. The van der Waals surface area contributed by atoms with Crippen LogP contribution in [0.15, 0.2) is 194 Å². The molecule has 2 aliphatic rings. The lowest BCUT2D eigenvalue weighted by Gasteiger charge is -2.16. The summed E-state index contributed by atoms with van der Waals surface area (Å²) in [6.07, 6.45) is 0. The Bertz CT molecular complexity index is 3590. The second-order valence-corrected chi connectivity index (χ2v) is 16.3. The molecular weight excluding hydrogens is 697 g/mol. The Morgan fingerprint density at radius 3 is 0.983 bits per heavy atom. The van der Waals surface area contributed by atoms with Gasteiger partial charge in [0.1, 0.15) is 0 Å². The zero-order chi connectivity index (χ0) is 37.6. The average molecular weight is 729 g/mol. The van der Waals surface area contributed by atoms with E-state index in [2.05, 4.69) is 194 Å². The topological polar surface area (TPSA) is 0 Å². The fourth-order valence-electron chi connectivity index (χ4n) is 11.0. The molecule has 0 radical (unpaired) electrons. The van der Waals surface area contributed by atoms with Crippen molar-refractivity contribution in [3.8, 4) is 66.8 Å². The van der Waals surface area contributed by atoms with Crippen molar-refractivity contribution in [3.63, 3.8) is 0 Å². The van der Waals surface area contributed by atoms with Gasteiger partial charge in [-0.3, -0.25) is 0 Å². The number of hydrogen-bond donors (Lipinski definition) is 0. The molecule has 0 bridgehead atoms. The van der Waals surface area contributed by atoms with Crippen LogP contribution in [0.3, 0.4) is 0 Å². The SMILES string of the molecule is c1ccc2c(c1)-c1cccc3c1c-2cc1c2ccccc2c(-c2ccc4ccc(-c5cc6c7cccc8c7c(cc6c6ccccc56)-c5ccccc5-8)cc4c2)cc31. The molecule has 12 aromatic carbocycles. The van der Waals surface area contributed by atoms with Gasteiger partial charge in [-0.15, -0.1) is 0 Å². The lowest BCUT2D eigenvalue weighted by Crippen LogP contribution is -1.89. The summed E-state index contributed by atoms with van der Waals surface area (Å²) in [5.74, 6) is 0. The van der Waals surface area contributed by atoms with Gasteiger partial charge in [0.25, 0.3) is 0 Å². The molecule has 0 spiro atoms. The van der Waals surface area contributed by atoms with E-state index in [1.165, 1.54) is 142 Å². The standard InChI is InChI=1S/C58H32/c1-7-17-43-37(11-1)45-19-9-21-47-53-29-49(39-13-3-5-15-41(39)51(53)31-55(43)57(45)47)34-25-23-33-24-26-35(28-36(33)27-34)50-30-54-48-22-10-20-46-38-12-2-8-18-44(38)56(58(46)48)32-52(54)42-16-6-4-14-40(42)50/h1-32H. The Hall–Kier alpha value is -7.54. The van der Waals surface area contributed by atoms with E-state index in [1.54, 1.807) is 0 Å². The highest BCUT2D eigenvalue weighted by atomic mass is 14.3. The molecule has 0 aromatic heterocycles. The fraction of sp³-hybridized carbons (Fsp3) is 0. The highest BCUT2D eigenvalue weighted by Crippen LogP contribution is 2.53. The van der Waals surface area contributed by atoms with E-state index in [1.807, 2.05) is 0 Å². The molecule has 0 aliphatic heterocycles. The number of fused-ring (bicyclic) bond motifs is 15. The first kappa shape index (κ1) is 30.7. The molecule has 0 unspecified atom stereocenters. The third kappa shape index (κ3) is 3.94. The molecule has 14 rings (SSSR count). The second-order valence-electron chi connectivity index (χ2n) is 16.3. The zero-order valence-electron chi connectivity index (χ0n) is 31.5. The van der Waals surface area contributed by atoms with Crippen LogP contribution in [0.5, 0.6) is 0 Å². The molecule has 0 N–H and O–H groups in total. The van der Waals surface area contributed by atoms with Crippen LogP contribution in [0.25, 0.3) is 142 Å². The van der Waals surface area contributed by atoms with Gasteiger partial charge < -0.3 is 0 Å². The summed E-state index contributed by atoms with van der Waals surface area (Å²) in [4.78, 5) is 0. The first-order valence-electron chi connectivity index (χ1n) is 20.3. The highest BCUT2D eigenvalue weighted by molar-refractivity contribution is 6.30. The molecule has 0 saturated carbocycles. The first-order chi connectivity index (χ1) is 28.8. The van der Waals surface area contributed by atoms with Gasteiger partial charge in [-0.25, -0.2) is 0 Å². The van der Waals surface area contributed by atoms with Crippen molar-refractivity contribution in [1.29, 1.82) is 0 Å². The lowest BCUT2D eigenvalue weighted by atomic mass is 9.87. The third-order valence-corrected chi connectivity index (χ3v) is 13.5. The molecule has 0 saturated heterocycles. The van der Waals surface area contributed by atoms with Gasteiger partial charge in [0.2, 0.25) is 0 Å². The minimum Gasteiger partial charge on any atom is -0.0616 e. The molecular formula is C58H32. The van der Waals surface area contributed by atoms with Crippen LogP contribution in [-0.4, -0.2) is 0 Å². The van der Waals surface area contributed by atoms with Crippen molar-refractivity contribution in [2.75, 3.05) is 0 Å². The Morgan fingerprint density at radius 1 is 0.172 bits per heavy atom. The van der Waals surface area contributed by atoms with Crippen molar-refractivity contribution in [3.05, 3.63) is 194 Å². The molecule has 264 valence electrons. The van der Waals surface area contributed by atoms with E-state index in [9.17, 15) is 0 Å². The minimum atomic E-state index is 1.24. The van der Waals surface area contributed by atoms with Crippen molar-refractivity contribution in [1.82, 2.24) is 0 Å². The molecule has 0 amide bonds. The number of benzene rings is 12. The number of hydrogen-bond acceptors (Lipinski definition) is 0. The summed E-state index contributed by atoms with van der Waals surface area (Å²) in [6.45, 7) is 0. The van der Waals surface area contributed by atoms with Gasteiger partial charge in [-0.05, 0) is 179 Å². The highest BCUT2D eigenvalue weighted by Gasteiger charge is 2.25. The van der Waals surface area contributed by atoms with Gasteiger partial charge in [0, 0.05) is 0 Å².